The second-order valence-electron chi connectivity index (χ2n) is 4.51. The lowest BCUT2D eigenvalue weighted by Gasteiger charge is -2.14. The van der Waals surface area contributed by atoms with Crippen LogP contribution in [0.1, 0.15) is 25.8 Å². The molecule has 1 unspecified atom stereocenters. The maximum Gasteiger partial charge on any atom is 0.314 e. The zero-order chi connectivity index (χ0) is 15.0. The van der Waals surface area contributed by atoms with Gasteiger partial charge in [-0.2, -0.15) is 0 Å². The molecule has 0 bridgehead atoms. The van der Waals surface area contributed by atoms with E-state index in [9.17, 15) is 9.90 Å². The van der Waals surface area contributed by atoms with Crippen molar-refractivity contribution in [1.29, 1.82) is 0 Å². The molecule has 20 heavy (non-hydrogen) atoms. The summed E-state index contributed by atoms with van der Waals surface area (Å²) in [5.74, 6) is -0.638. The minimum Gasteiger partial charge on any atom is -0.508 e. The van der Waals surface area contributed by atoms with Crippen LogP contribution in [0.15, 0.2) is 29.4 Å². The summed E-state index contributed by atoms with van der Waals surface area (Å²) in [5.41, 5.74) is 1.50. The van der Waals surface area contributed by atoms with Gasteiger partial charge in [-0.3, -0.25) is 4.79 Å². The summed E-state index contributed by atoms with van der Waals surface area (Å²) in [5, 5.41) is 13.2. The number of esters is 1. The second-order valence-corrected chi connectivity index (χ2v) is 4.51. The van der Waals surface area contributed by atoms with Crippen LogP contribution < -0.4 is 0 Å². The zero-order valence-electron chi connectivity index (χ0n) is 12.1. The topological polar surface area (TPSA) is 68.1 Å². The van der Waals surface area contributed by atoms with Crippen molar-refractivity contribution in [2.45, 2.75) is 26.7 Å². The monoisotopic (exact) mass is 279 g/mol. The van der Waals surface area contributed by atoms with E-state index in [0.717, 1.165) is 12.0 Å². The standard InChI is InChI=1S/C15H21NO4/c1-4-9-20-16-11(2)14(15(18)19-3)10-12-5-7-13(17)8-6-12/h5-8,14,17H,4,9-10H2,1-3H3. The van der Waals surface area contributed by atoms with E-state index in [4.69, 9.17) is 9.57 Å². The Kier molecular flexibility index (Phi) is 6.56. The number of carbonyl (C=O) groups excluding carboxylic acids is 1. The van der Waals surface area contributed by atoms with Crippen LogP contribution in [-0.4, -0.2) is 30.5 Å². The molecule has 5 heteroatoms. The molecule has 0 aliphatic rings. The molecular formula is C15H21NO4. The summed E-state index contributed by atoms with van der Waals surface area (Å²) in [6.45, 7) is 4.25. The number of hydrogen-bond acceptors (Lipinski definition) is 5. The number of carbonyl (C=O) groups is 1. The summed E-state index contributed by atoms with van der Waals surface area (Å²) in [4.78, 5) is 17.0. The van der Waals surface area contributed by atoms with Gasteiger partial charge in [-0.05, 0) is 37.5 Å². The van der Waals surface area contributed by atoms with Crippen LogP contribution in [-0.2, 0) is 20.8 Å². The van der Waals surface area contributed by atoms with Crippen molar-refractivity contribution in [3.8, 4) is 5.75 Å². The molecule has 0 saturated heterocycles. The van der Waals surface area contributed by atoms with E-state index in [2.05, 4.69) is 5.16 Å². The van der Waals surface area contributed by atoms with Gasteiger partial charge >= 0.3 is 5.97 Å². The molecule has 1 aromatic carbocycles. The fourth-order valence-electron chi connectivity index (χ4n) is 1.71. The summed E-state index contributed by atoms with van der Waals surface area (Å²) in [7, 11) is 1.35. The van der Waals surface area contributed by atoms with Crippen LogP contribution in [0.3, 0.4) is 0 Å². The minimum atomic E-state index is -0.485. The molecule has 0 aliphatic heterocycles. The molecule has 0 radical (unpaired) electrons. The third kappa shape index (κ3) is 4.91. The van der Waals surface area contributed by atoms with E-state index in [-0.39, 0.29) is 11.7 Å². The summed E-state index contributed by atoms with van der Waals surface area (Å²) >= 11 is 0. The van der Waals surface area contributed by atoms with Gasteiger partial charge in [-0.15, -0.1) is 0 Å². The van der Waals surface area contributed by atoms with E-state index >= 15 is 0 Å². The van der Waals surface area contributed by atoms with Gasteiger partial charge in [0.1, 0.15) is 18.3 Å². The van der Waals surface area contributed by atoms with Crippen LogP contribution in [0, 0.1) is 5.92 Å². The summed E-state index contributed by atoms with van der Waals surface area (Å²) in [6, 6.07) is 6.71. The quantitative estimate of drug-likeness (QED) is 0.360. The average molecular weight is 279 g/mol. The first-order valence-electron chi connectivity index (χ1n) is 6.60. The molecule has 1 N–H and O–H groups in total. The first kappa shape index (κ1) is 16.0. The van der Waals surface area contributed by atoms with Crippen LogP contribution >= 0.6 is 0 Å². The molecule has 0 aromatic heterocycles. The number of phenols is 1. The van der Waals surface area contributed by atoms with Crippen LogP contribution in [0.4, 0.5) is 0 Å². The van der Waals surface area contributed by atoms with Crippen molar-refractivity contribution in [2.24, 2.45) is 11.1 Å². The molecule has 110 valence electrons. The first-order chi connectivity index (χ1) is 9.58. The summed E-state index contributed by atoms with van der Waals surface area (Å²) in [6.07, 6.45) is 1.31. The minimum absolute atomic E-state index is 0.194. The fourth-order valence-corrected chi connectivity index (χ4v) is 1.71. The van der Waals surface area contributed by atoms with E-state index in [1.165, 1.54) is 7.11 Å². The average Bonchev–Trinajstić information content (AvgIpc) is 2.46. The lowest BCUT2D eigenvalue weighted by molar-refractivity contribution is -0.143. The van der Waals surface area contributed by atoms with E-state index < -0.39 is 5.92 Å². The van der Waals surface area contributed by atoms with Crippen molar-refractivity contribution in [3.05, 3.63) is 29.8 Å². The smallest absolute Gasteiger partial charge is 0.314 e. The highest BCUT2D eigenvalue weighted by Gasteiger charge is 2.23. The number of ether oxygens (including phenoxy) is 1. The second kappa shape index (κ2) is 8.19. The fraction of sp³-hybridized carbons (Fsp3) is 0.467. The SMILES string of the molecule is CCCON=C(C)C(Cc1ccc(O)cc1)C(=O)OC. The summed E-state index contributed by atoms with van der Waals surface area (Å²) < 4.78 is 4.81. The Labute approximate surface area is 119 Å². The van der Waals surface area contributed by atoms with Gasteiger partial charge in [0.05, 0.1) is 12.8 Å². The van der Waals surface area contributed by atoms with Crippen LogP contribution in [0.25, 0.3) is 0 Å². The number of oxime groups is 1. The van der Waals surface area contributed by atoms with E-state index in [0.29, 0.717) is 18.7 Å². The Morgan fingerprint density at radius 1 is 1.35 bits per heavy atom. The number of phenolic OH excluding ortho intramolecular Hbond substituents is 1. The number of aromatic hydroxyl groups is 1. The molecule has 0 saturated carbocycles. The third-order valence-electron chi connectivity index (χ3n) is 2.87. The van der Waals surface area contributed by atoms with Gasteiger partial charge in [0, 0.05) is 0 Å². The maximum atomic E-state index is 11.8. The Bertz CT molecular complexity index is 453. The lowest BCUT2D eigenvalue weighted by Crippen LogP contribution is -2.26. The predicted octanol–water partition coefficient (Wildman–Crippen LogP) is 2.53. The molecule has 5 nitrogen and oxygen atoms in total. The third-order valence-corrected chi connectivity index (χ3v) is 2.87. The molecule has 1 atom stereocenters. The highest BCUT2D eigenvalue weighted by Crippen LogP contribution is 2.16. The van der Waals surface area contributed by atoms with Gasteiger partial charge in [-0.25, -0.2) is 0 Å². The van der Waals surface area contributed by atoms with Crippen LogP contribution in [0.2, 0.25) is 0 Å². The van der Waals surface area contributed by atoms with Crippen LogP contribution in [0.5, 0.6) is 5.75 Å². The zero-order valence-corrected chi connectivity index (χ0v) is 12.1. The van der Waals surface area contributed by atoms with Crippen molar-refractivity contribution in [3.63, 3.8) is 0 Å². The highest BCUT2D eigenvalue weighted by atomic mass is 16.6. The predicted molar refractivity (Wildman–Crippen MR) is 76.7 cm³/mol. The number of benzene rings is 1. The van der Waals surface area contributed by atoms with Gasteiger partial charge < -0.3 is 14.7 Å². The van der Waals surface area contributed by atoms with Crippen molar-refractivity contribution < 1.29 is 19.5 Å². The molecular weight excluding hydrogens is 258 g/mol. The molecule has 0 amide bonds. The molecule has 0 fully saturated rings. The molecule has 0 spiro atoms. The maximum absolute atomic E-state index is 11.8. The molecule has 1 aromatic rings. The van der Waals surface area contributed by atoms with Gasteiger partial charge in [0.15, 0.2) is 0 Å². The number of rotatable bonds is 7. The molecule has 0 aliphatic carbocycles. The van der Waals surface area contributed by atoms with Crippen molar-refractivity contribution in [1.82, 2.24) is 0 Å². The number of nitrogens with zero attached hydrogens (tertiary/aromatic N) is 1. The number of hydrogen-bond donors (Lipinski definition) is 1. The van der Waals surface area contributed by atoms with E-state index in [1.807, 2.05) is 6.92 Å². The Hall–Kier alpha value is -2.04. The van der Waals surface area contributed by atoms with E-state index in [1.54, 1.807) is 31.2 Å². The van der Waals surface area contributed by atoms with Crippen molar-refractivity contribution >= 4 is 11.7 Å². The Morgan fingerprint density at radius 3 is 2.55 bits per heavy atom. The normalized spacial score (nSPS) is 12.8. The Morgan fingerprint density at radius 2 is 2.00 bits per heavy atom. The van der Waals surface area contributed by atoms with Gasteiger partial charge in [0.2, 0.25) is 0 Å². The number of methoxy groups -OCH3 is 1. The largest absolute Gasteiger partial charge is 0.508 e. The van der Waals surface area contributed by atoms with Gasteiger partial charge in [0.25, 0.3) is 0 Å². The molecule has 0 heterocycles. The van der Waals surface area contributed by atoms with Crippen molar-refractivity contribution in [2.75, 3.05) is 13.7 Å². The highest BCUT2D eigenvalue weighted by molar-refractivity contribution is 6.00. The Balaban J connectivity index is 2.81. The lowest BCUT2D eigenvalue weighted by atomic mass is 9.95. The molecule has 1 rings (SSSR count). The first-order valence-corrected chi connectivity index (χ1v) is 6.60. The van der Waals surface area contributed by atoms with Gasteiger partial charge in [-0.1, -0.05) is 24.2 Å².